The lowest BCUT2D eigenvalue weighted by Crippen LogP contribution is -2.33. The molecule has 23 heavy (non-hydrogen) atoms. The van der Waals surface area contributed by atoms with Crippen LogP contribution in [0, 0.1) is 5.82 Å². The molecule has 0 unspecified atom stereocenters. The molecule has 2 aromatic rings. The summed E-state index contributed by atoms with van der Waals surface area (Å²) in [4.78, 5) is 23.8. The Balaban J connectivity index is 1.69. The Bertz CT molecular complexity index is 758. The lowest BCUT2D eigenvalue weighted by Gasteiger charge is -2.16. The number of ketones is 1. The van der Waals surface area contributed by atoms with Gasteiger partial charge >= 0.3 is 0 Å². The second kappa shape index (κ2) is 5.65. The molecule has 3 rings (SSSR count). The Hall–Kier alpha value is -2.43. The fourth-order valence-corrected chi connectivity index (χ4v) is 2.84. The van der Waals surface area contributed by atoms with Crippen molar-refractivity contribution in [3.63, 3.8) is 0 Å². The molecular weight excluding hydrogens is 295 g/mol. The van der Waals surface area contributed by atoms with Crippen molar-refractivity contribution >= 4 is 11.7 Å². The van der Waals surface area contributed by atoms with Gasteiger partial charge < -0.3 is 9.88 Å². The summed E-state index contributed by atoms with van der Waals surface area (Å²) < 4.78 is 14.7. The van der Waals surface area contributed by atoms with E-state index in [1.54, 1.807) is 36.0 Å². The van der Waals surface area contributed by atoms with Crippen molar-refractivity contribution in [3.8, 4) is 0 Å². The van der Waals surface area contributed by atoms with Crippen LogP contribution in [-0.2, 0) is 12.5 Å². The fourth-order valence-electron chi connectivity index (χ4n) is 2.84. The largest absolute Gasteiger partial charge is 0.350 e. The molecule has 0 bridgehead atoms. The van der Waals surface area contributed by atoms with Gasteiger partial charge in [-0.05, 0) is 43.5 Å². The number of rotatable bonds is 5. The fraction of sp³-hybridized carbons (Fsp3) is 0.333. The van der Waals surface area contributed by atoms with Crippen molar-refractivity contribution in [1.29, 1.82) is 0 Å². The molecule has 0 spiro atoms. The number of hydrogen-bond acceptors (Lipinski definition) is 2. The molecule has 0 atom stereocenters. The van der Waals surface area contributed by atoms with E-state index in [-0.39, 0.29) is 22.9 Å². The third-order valence-corrected chi connectivity index (χ3v) is 4.54. The van der Waals surface area contributed by atoms with Crippen molar-refractivity contribution in [2.24, 2.45) is 7.05 Å². The van der Waals surface area contributed by atoms with E-state index in [1.165, 1.54) is 19.1 Å². The maximum atomic E-state index is 13.0. The molecule has 1 aliphatic rings. The van der Waals surface area contributed by atoms with Crippen LogP contribution in [0.4, 0.5) is 4.39 Å². The van der Waals surface area contributed by atoms with Crippen molar-refractivity contribution in [2.45, 2.75) is 25.2 Å². The summed E-state index contributed by atoms with van der Waals surface area (Å²) in [6.45, 7) is 1.99. The van der Waals surface area contributed by atoms with E-state index in [4.69, 9.17) is 0 Å². The molecule has 1 saturated carbocycles. The number of nitrogens with zero attached hydrogens (tertiary/aromatic N) is 1. The topological polar surface area (TPSA) is 51.1 Å². The Kier molecular flexibility index (Phi) is 3.80. The highest BCUT2D eigenvalue weighted by atomic mass is 19.1. The molecule has 1 aromatic carbocycles. The molecule has 0 saturated heterocycles. The zero-order valence-corrected chi connectivity index (χ0v) is 13.2. The molecular formula is C18H19FN2O2. The molecule has 1 amide bonds. The number of amides is 1. The average Bonchev–Trinajstić information content (AvgIpc) is 3.20. The van der Waals surface area contributed by atoms with Crippen LogP contribution in [0.25, 0.3) is 0 Å². The van der Waals surface area contributed by atoms with Crippen LogP contribution >= 0.6 is 0 Å². The van der Waals surface area contributed by atoms with Gasteiger partial charge in [-0.1, -0.05) is 12.1 Å². The number of benzene rings is 1. The molecule has 0 radical (unpaired) electrons. The molecule has 1 N–H and O–H groups in total. The number of carbonyl (C=O) groups excluding carboxylic acids is 2. The third kappa shape index (κ3) is 3.04. The van der Waals surface area contributed by atoms with Crippen LogP contribution in [-0.4, -0.2) is 22.8 Å². The summed E-state index contributed by atoms with van der Waals surface area (Å²) in [6, 6.07) is 8.08. The molecule has 1 fully saturated rings. The minimum absolute atomic E-state index is 0.0652. The number of aromatic nitrogens is 1. The van der Waals surface area contributed by atoms with Crippen LogP contribution < -0.4 is 5.32 Å². The van der Waals surface area contributed by atoms with Gasteiger partial charge in [0.2, 0.25) is 0 Å². The van der Waals surface area contributed by atoms with Crippen LogP contribution in [0.3, 0.4) is 0 Å². The van der Waals surface area contributed by atoms with Crippen LogP contribution in [0.15, 0.2) is 36.5 Å². The van der Waals surface area contributed by atoms with Crippen LogP contribution in [0.1, 0.15) is 46.2 Å². The second-order valence-electron chi connectivity index (χ2n) is 6.25. The molecule has 1 aliphatic carbocycles. The van der Waals surface area contributed by atoms with E-state index in [1.807, 2.05) is 0 Å². The number of Topliss-reactive ketones (excluding diaryl/α,β-unsaturated/α-hetero) is 1. The Morgan fingerprint density at radius 1 is 1.26 bits per heavy atom. The summed E-state index contributed by atoms with van der Waals surface area (Å²) in [7, 11) is 1.74. The molecule has 1 aromatic heterocycles. The minimum Gasteiger partial charge on any atom is -0.350 e. The Morgan fingerprint density at radius 2 is 1.91 bits per heavy atom. The van der Waals surface area contributed by atoms with Gasteiger partial charge in [0.1, 0.15) is 11.5 Å². The quantitative estimate of drug-likeness (QED) is 0.863. The zero-order chi connectivity index (χ0) is 16.6. The van der Waals surface area contributed by atoms with Gasteiger partial charge in [-0.2, -0.15) is 0 Å². The number of halogens is 1. The molecule has 4 nitrogen and oxygen atoms in total. The lowest BCUT2D eigenvalue weighted by atomic mass is 9.96. The van der Waals surface area contributed by atoms with Gasteiger partial charge in [0, 0.05) is 30.8 Å². The van der Waals surface area contributed by atoms with Crippen molar-refractivity contribution < 1.29 is 14.0 Å². The highest BCUT2D eigenvalue weighted by molar-refractivity contribution is 5.99. The summed E-state index contributed by atoms with van der Waals surface area (Å²) in [5.74, 6) is -0.521. The van der Waals surface area contributed by atoms with Crippen molar-refractivity contribution in [2.75, 3.05) is 6.54 Å². The average molecular weight is 314 g/mol. The van der Waals surface area contributed by atoms with Gasteiger partial charge in [0.05, 0.1) is 0 Å². The van der Waals surface area contributed by atoms with Crippen molar-refractivity contribution in [1.82, 2.24) is 9.88 Å². The summed E-state index contributed by atoms with van der Waals surface area (Å²) >= 11 is 0. The Morgan fingerprint density at radius 3 is 2.43 bits per heavy atom. The monoisotopic (exact) mass is 314 g/mol. The van der Waals surface area contributed by atoms with Gasteiger partial charge in [-0.15, -0.1) is 0 Å². The first kappa shape index (κ1) is 15.5. The number of hydrogen-bond donors (Lipinski definition) is 1. The number of carbonyl (C=O) groups is 2. The normalized spacial score (nSPS) is 15.3. The van der Waals surface area contributed by atoms with E-state index < -0.39 is 0 Å². The SMILES string of the molecule is CC(=O)c1cc(C(=O)NCC2(c3ccc(F)cc3)CC2)n(C)c1. The van der Waals surface area contributed by atoms with Gasteiger partial charge in [-0.25, -0.2) is 4.39 Å². The highest BCUT2D eigenvalue weighted by Gasteiger charge is 2.44. The number of nitrogens with one attached hydrogen (secondary N) is 1. The summed E-state index contributed by atoms with van der Waals surface area (Å²) in [5.41, 5.74) is 1.95. The van der Waals surface area contributed by atoms with Gasteiger partial charge in [0.15, 0.2) is 5.78 Å². The first-order chi connectivity index (χ1) is 10.9. The van der Waals surface area contributed by atoms with E-state index in [9.17, 15) is 14.0 Å². The molecule has 1 heterocycles. The summed E-state index contributed by atoms with van der Waals surface area (Å²) in [5, 5.41) is 2.94. The smallest absolute Gasteiger partial charge is 0.267 e. The van der Waals surface area contributed by atoms with Gasteiger partial charge in [0.25, 0.3) is 5.91 Å². The number of aryl methyl sites for hydroxylation is 1. The second-order valence-corrected chi connectivity index (χ2v) is 6.25. The molecule has 0 aliphatic heterocycles. The first-order valence-corrected chi connectivity index (χ1v) is 7.63. The standard InChI is InChI=1S/C18H19FN2O2/c1-12(22)13-9-16(21(2)10-13)17(23)20-11-18(7-8-18)14-3-5-15(19)6-4-14/h3-6,9-10H,7-8,11H2,1-2H3,(H,20,23). The summed E-state index contributed by atoms with van der Waals surface area (Å²) in [6.07, 6.45) is 3.61. The third-order valence-electron chi connectivity index (χ3n) is 4.54. The van der Waals surface area contributed by atoms with Gasteiger partial charge in [-0.3, -0.25) is 9.59 Å². The van der Waals surface area contributed by atoms with Crippen LogP contribution in [0.5, 0.6) is 0 Å². The van der Waals surface area contributed by atoms with E-state index >= 15 is 0 Å². The maximum absolute atomic E-state index is 13.0. The maximum Gasteiger partial charge on any atom is 0.267 e. The Labute approximate surface area is 134 Å². The predicted octanol–water partition coefficient (Wildman–Crippen LogP) is 2.83. The zero-order valence-electron chi connectivity index (χ0n) is 13.2. The minimum atomic E-state index is -0.255. The van der Waals surface area contributed by atoms with E-state index in [0.29, 0.717) is 17.8 Å². The van der Waals surface area contributed by atoms with E-state index in [0.717, 1.165) is 18.4 Å². The van der Waals surface area contributed by atoms with E-state index in [2.05, 4.69) is 5.32 Å². The molecule has 120 valence electrons. The van der Waals surface area contributed by atoms with Crippen LogP contribution in [0.2, 0.25) is 0 Å². The van der Waals surface area contributed by atoms with Crippen molar-refractivity contribution in [3.05, 3.63) is 59.2 Å². The highest BCUT2D eigenvalue weighted by Crippen LogP contribution is 2.47. The first-order valence-electron chi connectivity index (χ1n) is 7.63. The predicted molar refractivity (Wildman–Crippen MR) is 85.1 cm³/mol. The molecule has 5 heteroatoms. The lowest BCUT2D eigenvalue weighted by molar-refractivity contribution is 0.0941.